The summed E-state index contributed by atoms with van der Waals surface area (Å²) < 4.78 is 0. The van der Waals surface area contributed by atoms with Gasteiger partial charge in [-0.1, -0.05) is 6.92 Å². The maximum Gasteiger partial charge on any atom is 0.115 e. The van der Waals surface area contributed by atoms with E-state index < -0.39 is 0 Å². The molecule has 0 aromatic carbocycles. The molecule has 3 heteroatoms. The Hall–Kier alpha value is -0.630. The molecule has 0 saturated heterocycles. The van der Waals surface area contributed by atoms with Crippen LogP contribution >= 0.6 is 11.6 Å². The highest BCUT2D eigenvalue weighted by molar-refractivity contribution is 6.20. The van der Waals surface area contributed by atoms with E-state index in [2.05, 4.69) is 16.9 Å². The zero-order chi connectivity index (χ0) is 8.97. The standard InChI is InChI=1S/C9H13ClN2/c1-3-8(10)5-9-4-7(2)11-6-12-9/h4,6,8H,3,5H2,1-2H3. The molecule has 0 spiro atoms. The Morgan fingerprint density at radius 3 is 2.83 bits per heavy atom. The predicted molar refractivity (Wildman–Crippen MR) is 50.4 cm³/mol. The van der Waals surface area contributed by atoms with Gasteiger partial charge in [-0.05, 0) is 19.4 Å². The van der Waals surface area contributed by atoms with Crippen LogP contribution in [0.15, 0.2) is 12.4 Å². The topological polar surface area (TPSA) is 25.8 Å². The summed E-state index contributed by atoms with van der Waals surface area (Å²) in [4.78, 5) is 8.15. The molecule has 1 aromatic rings. The minimum atomic E-state index is 0.194. The smallest absolute Gasteiger partial charge is 0.115 e. The molecule has 1 heterocycles. The van der Waals surface area contributed by atoms with Crippen molar-refractivity contribution in [3.05, 3.63) is 23.8 Å². The highest BCUT2D eigenvalue weighted by atomic mass is 35.5. The van der Waals surface area contributed by atoms with Crippen molar-refractivity contribution in [2.24, 2.45) is 0 Å². The van der Waals surface area contributed by atoms with Crippen LogP contribution in [0, 0.1) is 6.92 Å². The van der Waals surface area contributed by atoms with E-state index in [0.717, 1.165) is 24.2 Å². The van der Waals surface area contributed by atoms with Gasteiger partial charge in [0.2, 0.25) is 0 Å². The normalized spacial score (nSPS) is 12.9. The summed E-state index contributed by atoms with van der Waals surface area (Å²) in [6, 6.07) is 1.98. The number of rotatable bonds is 3. The molecule has 0 fully saturated rings. The first-order valence-corrected chi connectivity index (χ1v) is 4.57. The quantitative estimate of drug-likeness (QED) is 0.674. The van der Waals surface area contributed by atoms with Crippen molar-refractivity contribution in [3.63, 3.8) is 0 Å². The van der Waals surface area contributed by atoms with Crippen molar-refractivity contribution in [3.8, 4) is 0 Å². The minimum absolute atomic E-state index is 0.194. The van der Waals surface area contributed by atoms with Crippen LogP contribution in [0.3, 0.4) is 0 Å². The van der Waals surface area contributed by atoms with Gasteiger partial charge in [0.1, 0.15) is 6.33 Å². The van der Waals surface area contributed by atoms with Crippen molar-refractivity contribution in [2.45, 2.75) is 32.1 Å². The second kappa shape index (κ2) is 4.41. The van der Waals surface area contributed by atoms with Crippen LogP contribution in [0.25, 0.3) is 0 Å². The van der Waals surface area contributed by atoms with Crippen molar-refractivity contribution in [2.75, 3.05) is 0 Å². The molecule has 66 valence electrons. The van der Waals surface area contributed by atoms with Crippen molar-refractivity contribution >= 4 is 11.6 Å². The van der Waals surface area contributed by atoms with Crippen LogP contribution in [-0.2, 0) is 6.42 Å². The molecular formula is C9H13ClN2. The summed E-state index contributed by atoms with van der Waals surface area (Å²) in [6.45, 7) is 4.03. The Kier molecular flexibility index (Phi) is 3.48. The lowest BCUT2D eigenvalue weighted by molar-refractivity contribution is 0.780. The maximum absolute atomic E-state index is 5.99. The molecule has 0 bridgehead atoms. The number of hydrogen-bond donors (Lipinski definition) is 0. The number of nitrogens with zero attached hydrogens (tertiary/aromatic N) is 2. The van der Waals surface area contributed by atoms with Crippen molar-refractivity contribution < 1.29 is 0 Å². The number of aromatic nitrogens is 2. The van der Waals surface area contributed by atoms with Gasteiger partial charge >= 0.3 is 0 Å². The van der Waals surface area contributed by atoms with Crippen molar-refractivity contribution in [1.29, 1.82) is 0 Å². The van der Waals surface area contributed by atoms with Gasteiger partial charge in [-0.15, -0.1) is 11.6 Å². The third-order valence-corrected chi connectivity index (χ3v) is 2.20. The average molecular weight is 185 g/mol. The zero-order valence-corrected chi connectivity index (χ0v) is 8.17. The highest BCUT2D eigenvalue weighted by Gasteiger charge is 2.03. The average Bonchev–Trinajstić information content (AvgIpc) is 2.04. The van der Waals surface area contributed by atoms with Gasteiger partial charge in [0.05, 0.1) is 0 Å². The van der Waals surface area contributed by atoms with E-state index in [1.54, 1.807) is 6.33 Å². The molecule has 12 heavy (non-hydrogen) atoms. The lowest BCUT2D eigenvalue weighted by atomic mass is 10.2. The van der Waals surface area contributed by atoms with Gasteiger partial charge < -0.3 is 0 Å². The van der Waals surface area contributed by atoms with E-state index in [4.69, 9.17) is 11.6 Å². The van der Waals surface area contributed by atoms with E-state index in [0.29, 0.717) is 0 Å². The molecule has 0 amide bonds. The Morgan fingerprint density at radius 2 is 2.25 bits per heavy atom. The Morgan fingerprint density at radius 1 is 1.50 bits per heavy atom. The van der Waals surface area contributed by atoms with Crippen LogP contribution < -0.4 is 0 Å². The molecule has 1 aromatic heterocycles. The summed E-state index contributed by atoms with van der Waals surface area (Å²) in [7, 11) is 0. The van der Waals surface area contributed by atoms with E-state index in [9.17, 15) is 0 Å². The fraction of sp³-hybridized carbons (Fsp3) is 0.556. The van der Waals surface area contributed by atoms with E-state index >= 15 is 0 Å². The van der Waals surface area contributed by atoms with Gasteiger partial charge in [-0.25, -0.2) is 9.97 Å². The van der Waals surface area contributed by atoms with Crippen LogP contribution in [0.2, 0.25) is 0 Å². The van der Waals surface area contributed by atoms with Gasteiger partial charge in [-0.2, -0.15) is 0 Å². The van der Waals surface area contributed by atoms with E-state index in [-0.39, 0.29) is 5.38 Å². The zero-order valence-electron chi connectivity index (χ0n) is 7.42. The predicted octanol–water partition coefficient (Wildman–Crippen LogP) is 2.34. The van der Waals surface area contributed by atoms with Crippen LogP contribution in [0.4, 0.5) is 0 Å². The largest absolute Gasteiger partial charge is 0.242 e. The second-order valence-electron chi connectivity index (χ2n) is 2.86. The molecule has 0 aliphatic rings. The first-order valence-electron chi connectivity index (χ1n) is 4.14. The lowest BCUT2D eigenvalue weighted by Crippen LogP contribution is -2.03. The molecule has 0 N–H and O–H groups in total. The molecule has 0 saturated carbocycles. The summed E-state index contributed by atoms with van der Waals surface area (Å²) in [5, 5.41) is 0.194. The summed E-state index contributed by atoms with van der Waals surface area (Å²) in [6.07, 6.45) is 3.40. The molecule has 2 nitrogen and oxygen atoms in total. The maximum atomic E-state index is 5.99. The monoisotopic (exact) mass is 184 g/mol. The third kappa shape index (κ3) is 2.78. The first-order chi connectivity index (χ1) is 5.72. The number of aryl methyl sites for hydroxylation is 1. The van der Waals surface area contributed by atoms with Gasteiger partial charge in [-0.3, -0.25) is 0 Å². The summed E-state index contributed by atoms with van der Waals surface area (Å²) >= 11 is 5.99. The fourth-order valence-electron chi connectivity index (χ4n) is 0.993. The second-order valence-corrected chi connectivity index (χ2v) is 3.48. The van der Waals surface area contributed by atoms with Crippen LogP contribution in [-0.4, -0.2) is 15.3 Å². The molecular weight excluding hydrogens is 172 g/mol. The Bertz CT molecular complexity index is 250. The Labute approximate surface area is 78.0 Å². The first kappa shape index (κ1) is 9.46. The lowest BCUT2D eigenvalue weighted by Gasteiger charge is -2.04. The third-order valence-electron chi connectivity index (χ3n) is 1.73. The van der Waals surface area contributed by atoms with Gasteiger partial charge in [0, 0.05) is 23.2 Å². The van der Waals surface area contributed by atoms with E-state index in [1.165, 1.54) is 0 Å². The molecule has 1 atom stereocenters. The fourth-order valence-corrected chi connectivity index (χ4v) is 1.15. The van der Waals surface area contributed by atoms with Crippen LogP contribution in [0.1, 0.15) is 24.7 Å². The SMILES string of the molecule is CCC(Cl)Cc1cc(C)ncn1. The number of alkyl halides is 1. The summed E-state index contributed by atoms with van der Waals surface area (Å²) in [5.41, 5.74) is 2.03. The molecule has 0 radical (unpaired) electrons. The van der Waals surface area contributed by atoms with Gasteiger partial charge in [0.25, 0.3) is 0 Å². The molecule has 1 rings (SSSR count). The minimum Gasteiger partial charge on any atom is -0.242 e. The molecule has 1 unspecified atom stereocenters. The number of hydrogen-bond acceptors (Lipinski definition) is 2. The highest BCUT2D eigenvalue weighted by Crippen LogP contribution is 2.08. The van der Waals surface area contributed by atoms with Crippen LogP contribution in [0.5, 0.6) is 0 Å². The van der Waals surface area contributed by atoms with Gasteiger partial charge in [0.15, 0.2) is 0 Å². The van der Waals surface area contributed by atoms with E-state index in [1.807, 2.05) is 13.0 Å². The molecule has 0 aliphatic heterocycles. The molecule has 0 aliphatic carbocycles. The number of halogens is 1. The summed E-state index contributed by atoms with van der Waals surface area (Å²) in [5.74, 6) is 0. The van der Waals surface area contributed by atoms with Crippen molar-refractivity contribution in [1.82, 2.24) is 9.97 Å². The Balaban J connectivity index is 2.63.